The van der Waals surface area contributed by atoms with Crippen molar-refractivity contribution in [1.29, 1.82) is 0 Å². The molecule has 3 rings (SSSR count). The molecule has 0 radical (unpaired) electrons. The van der Waals surface area contributed by atoms with Crippen LogP contribution in [0, 0.1) is 5.92 Å². The average molecular weight is 429 g/mol. The molecule has 4 heteroatoms. The van der Waals surface area contributed by atoms with Crippen molar-refractivity contribution in [3.63, 3.8) is 0 Å². The largest absolute Gasteiger partial charge is 0.349 e. The summed E-state index contributed by atoms with van der Waals surface area (Å²) >= 11 is 0. The zero-order chi connectivity index (χ0) is 22.9. The van der Waals surface area contributed by atoms with Crippen LogP contribution in [-0.4, -0.2) is 11.8 Å². The van der Waals surface area contributed by atoms with E-state index in [0.29, 0.717) is 19.4 Å². The van der Waals surface area contributed by atoms with Crippen LogP contribution in [0.3, 0.4) is 0 Å². The lowest BCUT2D eigenvalue weighted by Crippen LogP contribution is -2.31. The third-order valence-corrected chi connectivity index (χ3v) is 5.36. The van der Waals surface area contributed by atoms with Gasteiger partial charge in [0.2, 0.25) is 11.8 Å². The molecule has 0 aliphatic carbocycles. The van der Waals surface area contributed by atoms with Gasteiger partial charge in [-0.3, -0.25) is 9.59 Å². The molecule has 0 aliphatic heterocycles. The summed E-state index contributed by atoms with van der Waals surface area (Å²) < 4.78 is 0. The third-order valence-electron chi connectivity index (χ3n) is 5.36. The van der Waals surface area contributed by atoms with Crippen LogP contribution >= 0.6 is 0 Å². The lowest BCUT2D eigenvalue weighted by Gasteiger charge is -2.24. The van der Waals surface area contributed by atoms with Crippen molar-refractivity contribution in [1.82, 2.24) is 5.32 Å². The van der Waals surface area contributed by atoms with Crippen LogP contribution in [0.25, 0.3) is 0 Å². The highest BCUT2D eigenvalue weighted by molar-refractivity contribution is 5.93. The molecule has 0 aliphatic rings. The van der Waals surface area contributed by atoms with Gasteiger partial charge >= 0.3 is 0 Å². The molecule has 3 aromatic carbocycles. The van der Waals surface area contributed by atoms with Gasteiger partial charge in [0.25, 0.3) is 0 Å². The van der Waals surface area contributed by atoms with E-state index in [4.69, 9.17) is 0 Å². The predicted octanol–water partition coefficient (Wildman–Crippen LogP) is 5.69. The lowest BCUT2D eigenvalue weighted by atomic mass is 10.1. The Labute approximate surface area is 191 Å². The van der Waals surface area contributed by atoms with Crippen molar-refractivity contribution in [3.05, 3.63) is 102 Å². The van der Waals surface area contributed by atoms with E-state index >= 15 is 0 Å². The number of carbonyl (C=O) groups excluding carboxylic acids is 2. The molecule has 32 heavy (non-hydrogen) atoms. The first kappa shape index (κ1) is 23.3. The Hall–Kier alpha value is -3.40. The summed E-state index contributed by atoms with van der Waals surface area (Å²) in [5.41, 5.74) is 3.93. The van der Waals surface area contributed by atoms with Gasteiger partial charge in [0, 0.05) is 12.1 Å². The molecule has 2 amide bonds. The number of rotatable bonds is 9. The molecule has 166 valence electrons. The molecule has 0 saturated carbocycles. The van der Waals surface area contributed by atoms with Crippen LogP contribution in [-0.2, 0) is 22.6 Å². The van der Waals surface area contributed by atoms with Gasteiger partial charge in [0.05, 0.1) is 19.0 Å². The average Bonchev–Trinajstić information content (AvgIpc) is 2.79. The van der Waals surface area contributed by atoms with Crippen LogP contribution in [0.15, 0.2) is 84.9 Å². The second kappa shape index (κ2) is 11.3. The number of hydrogen-bond donors (Lipinski definition) is 1. The van der Waals surface area contributed by atoms with Crippen LogP contribution < -0.4 is 10.2 Å². The second-order valence-corrected chi connectivity index (χ2v) is 8.61. The fourth-order valence-electron chi connectivity index (χ4n) is 3.65. The highest BCUT2D eigenvalue weighted by Gasteiger charge is 2.18. The minimum atomic E-state index is -0.0435. The number of nitrogens with one attached hydrogen (secondary N) is 1. The lowest BCUT2D eigenvalue weighted by molar-refractivity contribution is -0.121. The van der Waals surface area contributed by atoms with Crippen LogP contribution in [0.2, 0.25) is 0 Å². The second-order valence-electron chi connectivity index (χ2n) is 8.61. The van der Waals surface area contributed by atoms with Crippen molar-refractivity contribution in [2.75, 3.05) is 4.90 Å². The molecule has 0 spiro atoms. The molecule has 3 aromatic rings. The Morgan fingerprint density at radius 2 is 1.38 bits per heavy atom. The van der Waals surface area contributed by atoms with Gasteiger partial charge in [0.1, 0.15) is 0 Å². The van der Waals surface area contributed by atoms with Gasteiger partial charge in [-0.1, -0.05) is 86.6 Å². The van der Waals surface area contributed by atoms with Crippen LogP contribution in [0.4, 0.5) is 5.69 Å². The highest BCUT2D eigenvalue weighted by atomic mass is 16.2. The van der Waals surface area contributed by atoms with Crippen LogP contribution in [0.1, 0.15) is 49.9 Å². The molecule has 4 nitrogen and oxygen atoms in total. The van der Waals surface area contributed by atoms with E-state index in [1.807, 2.05) is 96.8 Å². The number of hydrogen-bond acceptors (Lipinski definition) is 2. The standard InChI is InChI=1S/C28H32N2O2/c1-21(2)18-28(32)30(20-24-10-6-4-7-11-24)26-16-14-23(15-17-26)19-27(31)29-22(3)25-12-8-5-9-13-25/h4-17,21-22H,18-20H2,1-3H3,(H,29,31). The smallest absolute Gasteiger partial charge is 0.227 e. The van der Waals surface area contributed by atoms with E-state index in [9.17, 15) is 9.59 Å². The number of amides is 2. The first-order valence-electron chi connectivity index (χ1n) is 11.2. The summed E-state index contributed by atoms with van der Waals surface area (Å²) in [7, 11) is 0. The Kier molecular flexibility index (Phi) is 8.20. The normalized spacial score (nSPS) is 11.8. The van der Waals surface area contributed by atoms with Gasteiger partial charge in [-0.25, -0.2) is 0 Å². The minimum Gasteiger partial charge on any atom is -0.349 e. The van der Waals surface area contributed by atoms with Crippen molar-refractivity contribution in [3.8, 4) is 0 Å². The first-order chi connectivity index (χ1) is 15.4. The number of nitrogens with zero attached hydrogens (tertiary/aromatic N) is 1. The summed E-state index contributed by atoms with van der Waals surface area (Å²) in [5.74, 6) is 0.368. The Morgan fingerprint density at radius 3 is 1.97 bits per heavy atom. The third kappa shape index (κ3) is 6.81. The Morgan fingerprint density at radius 1 is 0.781 bits per heavy atom. The van der Waals surface area contributed by atoms with Gasteiger partial charge in [0.15, 0.2) is 0 Å². The molecular formula is C28H32N2O2. The van der Waals surface area contributed by atoms with Gasteiger partial charge < -0.3 is 10.2 Å². The van der Waals surface area contributed by atoms with E-state index in [1.165, 1.54) is 0 Å². The number of anilines is 1. The Balaban J connectivity index is 1.67. The maximum absolute atomic E-state index is 12.9. The quantitative estimate of drug-likeness (QED) is 0.476. The fourth-order valence-corrected chi connectivity index (χ4v) is 3.65. The maximum atomic E-state index is 12.9. The highest BCUT2D eigenvalue weighted by Crippen LogP contribution is 2.21. The number of benzene rings is 3. The van der Waals surface area contributed by atoms with Crippen molar-refractivity contribution >= 4 is 17.5 Å². The minimum absolute atomic E-state index is 0.0221. The molecule has 0 aromatic heterocycles. The van der Waals surface area contributed by atoms with E-state index in [2.05, 4.69) is 19.2 Å². The molecular weight excluding hydrogens is 396 g/mol. The van der Waals surface area contributed by atoms with Gasteiger partial charge in [-0.05, 0) is 41.7 Å². The molecule has 1 unspecified atom stereocenters. The van der Waals surface area contributed by atoms with E-state index < -0.39 is 0 Å². The summed E-state index contributed by atoms with van der Waals surface area (Å²) in [6.07, 6.45) is 0.796. The molecule has 1 N–H and O–H groups in total. The fraction of sp³-hybridized carbons (Fsp3) is 0.286. The SMILES string of the molecule is CC(C)CC(=O)N(Cc1ccccc1)c1ccc(CC(=O)NC(C)c2ccccc2)cc1. The van der Waals surface area contributed by atoms with Gasteiger partial charge in [-0.2, -0.15) is 0 Å². The predicted molar refractivity (Wildman–Crippen MR) is 130 cm³/mol. The first-order valence-corrected chi connectivity index (χ1v) is 11.2. The molecule has 0 bridgehead atoms. The van der Waals surface area contributed by atoms with Crippen molar-refractivity contribution in [2.45, 2.75) is 46.2 Å². The van der Waals surface area contributed by atoms with E-state index in [0.717, 1.165) is 22.4 Å². The zero-order valence-electron chi connectivity index (χ0n) is 19.1. The monoisotopic (exact) mass is 428 g/mol. The maximum Gasteiger partial charge on any atom is 0.227 e. The molecule has 0 fully saturated rings. The topological polar surface area (TPSA) is 49.4 Å². The van der Waals surface area contributed by atoms with E-state index in [1.54, 1.807) is 0 Å². The molecule has 0 heterocycles. The van der Waals surface area contributed by atoms with Crippen LogP contribution in [0.5, 0.6) is 0 Å². The Bertz CT molecular complexity index is 999. The summed E-state index contributed by atoms with van der Waals surface area (Å²) in [6.45, 7) is 6.62. The van der Waals surface area contributed by atoms with E-state index in [-0.39, 0.29) is 23.8 Å². The van der Waals surface area contributed by atoms with Crippen molar-refractivity contribution in [2.24, 2.45) is 5.92 Å². The van der Waals surface area contributed by atoms with Crippen molar-refractivity contribution < 1.29 is 9.59 Å². The summed E-state index contributed by atoms with van der Waals surface area (Å²) in [6, 6.07) is 27.6. The van der Waals surface area contributed by atoms with Gasteiger partial charge in [-0.15, -0.1) is 0 Å². The number of carbonyl (C=O) groups is 2. The zero-order valence-corrected chi connectivity index (χ0v) is 19.1. The molecule has 1 atom stereocenters. The summed E-state index contributed by atoms with van der Waals surface area (Å²) in [5, 5.41) is 3.05. The molecule has 0 saturated heterocycles. The summed E-state index contributed by atoms with van der Waals surface area (Å²) in [4.78, 5) is 27.3.